The van der Waals surface area contributed by atoms with Gasteiger partial charge in [-0.1, -0.05) is 123 Å². The summed E-state index contributed by atoms with van der Waals surface area (Å²) in [4.78, 5) is 47.1. The van der Waals surface area contributed by atoms with Crippen LogP contribution < -0.4 is 10.6 Å². The Morgan fingerprint density at radius 1 is 0.667 bits per heavy atom. The fourth-order valence-corrected chi connectivity index (χ4v) is 5.15. The second-order valence-electron chi connectivity index (χ2n) is 12.3. The zero-order valence-corrected chi connectivity index (χ0v) is 28.6. The van der Waals surface area contributed by atoms with Crippen LogP contribution in [-0.4, -0.2) is 59.3 Å². The molecular weight excluding hydrogens is 572 g/mol. The maximum Gasteiger partial charge on any atom is 0.328 e. The standard InChI is InChI=1S/C36H66N2O7/c1-3-5-7-9-11-12-14-17-21-25-31(45-35(42)28-24-20-13-10-8-6-4-2)26-22-18-15-16-19-23-27-33(40)37-29-34(41)38-32(30-39)36(43)44/h21,25,31-32,39H,3-20,22-24,26-30H2,1-2H3,(H,37,40)(H,38,41)(H,43,44)/b25-21-. The van der Waals surface area contributed by atoms with Crippen LogP contribution in [0.1, 0.15) is 168 Å². The summed E-state index contributed by atoms with van der Waals surface area (Å²) in [5.41, 5.74) is 0. The van der Waals surface area contributed by atoms with Crippen LogP contribution in [0.25, 0.3) is 0 Å². The van der Waals surface area contributed by atoms with E-state index in [2.05, 4.69) is 36.6 Å². The third kappa shape index (κ3) is 28.8. The molecule has 0 saturated carbocycles. The van der Waals surface area contributed by atoms with Crippen molar-refractivity contribution in [2.75, 3.05) is 13.2 Å². The molecule has 0 fully saturated rings. The normalized spacial score (nSPS) is 12.6. The van der Waals surface area contributed by atoms with Crippen LogP contribution in [0.15, 0.2) is 12.2 Å². The predicted molar refractivity (Wildman–Crippen MR) is 181 cm³/mol. The van der Waals surface area contributed by atoms with Gasteiger partial charge < -0.3 is 25.6 Å². The number of aliphatic hydroxyl groups excluding tert-OH is 1. The number of carbonyl (C=O) groups excluding carboxylic acids is 3. The van der Waals surface area contributed by atoms with Crippen molar-refractivity contribution in [2.45, 2.75) is 180 Å². The van der Waals surface area contributed by atoms with Gasteiger partial charge in [0.2, 0.25) is 11.8 Å². The van der Waals surface area contributed by atoms with Gasteiger partial charge in [0, 0.05) is 12.8 Å². The van der Waals surface area contributed by atoms with Gasteiger partial charge in [-0.2, -0.15) is 0 Å². The Labute approximate surface area is 273 Å². The van der Waals surface area contributed by atoms with Crippen LogP contribution in [0.5, 0.6) is 0 Å². The Bertz CT molecular complexity index is 787. The summed E-state index contributed by atoms with van der Waals surface area (Å²) in [5.74, 6) is -2.33. The van der Waals surface area contributed by atoms with Crippen molar-refractivity contribution in [3.8, 4) is 0 Å². The van der Waals surface area contributed by atoms with Gasteiger partial charge in [-0.25, -0.2) is 4.79 Å². The lowest BCUT2D eigenvalue weighted by molar-refractivity contribution is -0.147. The van der Waals surface area contributed by atoms with Gasteiger partial charge in [0.25, 0.3) is 0 Å². The van der Waals surface area contributed by atoms with Gasteiger partial charge in [0.15, 0.2) is 0 Å². The Kier molecular flexibility index (Phi) is 29.9. The van der Waals surface area contributed by atoms with E-state index in [1.54, 1.807) is 0 Å². The predicted octanol–water partition coefficient (Wildman–Crippen LogP) is 7.53. The zero-order valence-electron chi connectivity index (χ0n) is 28.6. The Balaban J connectivity index is 4.25. The Hall–Kier alpha value is -2.42. The number of hydrogen-bond acceptors (Lipinski definition) is 6. The Morgan fingerprint density at radius 3 is 1.73 bits per heavy atom. The molecule has 2 amide bonds. The van der Waals surface area contributed by atoms with Crippen molar-refractivity contribution in [1.29, 1.82) is 0 Å². The average Bonchev–Trinajstić information content (AvgIpc) is 3.02. The number of hydrogen-bond donors (Lipinski definition) is 4. The number of carboxylic acid groups (broad SMARTS) is 1. The van der Waals surface area contributed by atoms with Gasteiger partial charge in [-0.15, -0.1) is 0 Å². The van der Waals surface area contributed by atoms with E-state index in [-0.39, 0.29) is 24.5 Å². The largest absolute Gasteiger partial charge is 0.480 e. The molecule has 0 aliphatic carbocycles. The summed E-state index contributed by atoms with van der Waals surface area (Å²) < 4.78 is 5.88. The van der Waals surface area contributed by atoms with Crippen LogP contribution in [0, 0.1) is 0 Å². The summed E-state index contributed by atoms with van der Waals surface area (Å²) in [6.45, 7) is 3.43. The van der Waals surface area contributed by atoms with Crippen LogP contribution in [0.3, 0.4) is 0 Å². The molecule has 0 bridgehead atoms. The van der Waals surface area contributed by atoms with Gasteiger partial charge >= 0.3 is 11.9 Å². The van der Waals surface area contributed by atoms with Crippen molar-refractivity contribution in [3.63, 3.8) is 0 Å². The van der Waals surface area contributed by atoms with E-state index >= 15 is 0 Å². The van der Waals surface area contributed by atoms with E-state index in [4.69, 9.17) is 14.9 Å². The second kappa shape index (κ2) is 31.6. The van der Waals surface area contributed by atoms with Gasteiger partial charge in [-0.3, -0.25) is 14.4 Å². The van der Waals surface area contributed by atoms with Crippen molar-refractivity contribution in [1.82, 2.24) is 10.6 Å². The average molecular weight is 639 g/mol. The van der Waals surface area contributed by atoms with Gasteiger partial charge in [0.05, 0.1) is 13.2 Å². The van der Waals surface area contributed by atoms with Crippen molar-refractivity contribution >= 4 is 23.8 Å². The fraction of sp³-hybridized carbons (Fsp3) is 0.833. The number of ether oxygens (including phenoxy) is 1. The fourth-order valence-electron chi connectivity index (χ4n) is 5.15. The second-order valence-corrected chi connectivity index (χ2v) is 12.3. The molecule has 4 N–H and O–H groups in total. The van der Waals surface area contributed by atoms with E-state index in [0.29, 0.717) is 19.3 Å². The topological polar surface area (TPSA) is 142 Å². The molecule has 0 radical (unpaired) electrons. The lowest BCUT2D eigenvalue weighted by atomic mass is 10.0. The first-order valence-corrected chi connectivity index (χ1v) is 18.1. The number of allylic oxidation sites excluding steroid dienone is 1. The quantitative estimate of drug-likeness (QED) is 0.0339. The van der Waals surface area contributed by atoms with Crippen molar-refractivity contribution < 1.29 is 34.1 Å². The molecule has 0 aromatic heterocycles. The SMILES string of the molecule is CCCCCCCCC/C=C\C(CCCCCCCCC(=O)NCC(=O)NC(CO)C(=O)O)OC(=O)CCCCCCCCC. The molecule has 0 aliphatic heterocycles. The molecule has 0 aromatic carbocycles. The summed E-state index contributed by atoms with van der Waals surface area (Å²) in [6.07, 6.45) is 29.7. The van der Waals surface area contributed by atoms with E-state index < -0.39 is 24.5 Å². The highest BCUT2D eigenvalue weighted by Gasteiger charge is 2.18. The molecule has 9 nitrogen and oxygen atoms in total. The molecule has 0 heterocycles. The molecule has 9 heteroatoms. The molecular formula is C36H66N2O7. The maximum absolute atomic E-state index is 12.5. The number of carbonyl (C=O) groups is 4. The van der Waals surface area contributed by atoms with E-state index in [9.17, 15) is 19.2 Å². The van der Waals surface area contributed by atoms with Crippen LogP contribution >= 0.6 is 0 Å². The number of aliphatic hydroxyl groups is 1. The number of aliphatic carboxylic acids is 1. The number of nitrogens with one attached hydrogen (secondary N) is 2. The number of carboxylic acids is 1. The monoisotopic (exact) mass is 638 g/mol. The van der Waals surface area contributed by atoms with Gasteiger partial charge in [0.1, 0.15) is 12.1 Å². The first kappa shape index (κ1) is 42.6. The minimum absolute atomic E-state index is 0.0833. The molecule has 0 spiro atoms. The highest BCUT2D eigenvalue weighted by atomic mass is 16.5. The zero-order chi connectivity index (χ0) is 33.4. The number of esters is 1. The van der Waals surface area contributed by atoms with Gasteiger partial charge in [-0.05, 0) is 44.6 Å². The first-order valence-electron chi connectivity index (χ1n) is 18.1. The van der Waals surface area contributed by atoms with E-state index in [0.717, 1.165) is 57.8 Å². The van der Waals surface area contributed by atoms with Crippen molar-refractivity contribution in [2.24, 2.45) is 0 Å². The highest BCUT2D eigenvalue weighted by molar-refractivity contribution is 5.87. The summed E-state index contributed by atoms with van der Waals surface area (Å²) in [7, 11) is 0. The number of unbranched alkanes of at least 4 members (excludes halogenated alkanes) is 18. The molecule has 45 heavy (non-hydrogen) atoms. The summed E-state index contributed by atoms with van der Waals surface area (Å²) in [5, 5.41) is 22.4. The van der Waals surface area contributed by atoms with E-state index in [1.807, 2.05) is 0 Å². The third-order valence-corrected chi connectivity index (χ3v) is 8.00. The van der Waals surface area contributed by atoms with Crippen molar-refractivity contribution in [3.05, 3.63) is 12.2 Å². The third-order valence-electron chi connectivity index (χ3n) is 8.00. The maximum atomic E-state index is 12.5. The van der Waals surface area contributed by atoms with Crippen LogP contribution in [0.4, 0.5) is 0 Å². The molecule has 0 saturated heterocycles. The summed E-state index contributed by atoms with van der Waals surface area (Å²) in [6, 6.07) is -1.38. The molecule has 262 valence electrons. The summed E-state index contributed by atoms with van der Waals surface area (Å²) >= 11 is 0. The first-order chi connectivity index (χ1) is 21.8. The molecule has 0 aliphatic rings. The Morgan fingerprint density at radius 2 is 1.18 bits per heavy atom. The molecule has 2 unspecified atom stereocenters. The van der Waals surface area contributed by atoms with Crippen LogP contribution in [0.2, 0.25) is 0 Å². The highest BCUT2D eigenvalue weighted by Crippen LogP contribution is 2.15. The molecule has 0 aromatic rings. The minimum Gasteiger partial charge on any atom is -0.480 e. The smallest absolute Gasteiger partial charge is 0.328 e. The molecule has 0 rings (SSSR count). The minimum atomic E-state index is -1.38. The lowest BCUT2D eigenvalue weighted by Gasteiger charge is -2.15. The van der Waals surface area contributed by atoms with E-state index in [1.165, 1.54) is 77.0 Å². The lowest BCUT2D eigenvalue weighted by Crippen LogP contribution is -2.47. The molecule has 2 atom stereocenters. The van der Waals surface area contributed by atoms with Crippen LogP contribution in [-0.2, 0) is 23.9 Å². The number of rotatable bonds is 32. The number of amides is 2.